The number of aliphatic hydroxyl groups excluding tert-OH is 1. The summed E-state index contributed by atoms with van der Waals surface area (Å²) in [6.07, 6.45) is 0.190. The van der Waals surface area contributed by atoms with Gasteiger partial charge >= 0.3 is 0 Å². The van der Waals surface area contributed by atoms with E-state index in [2.05, 4.69) is 5.32 Å². The third kappa shape index (κ3) is 3.25. The number of nitrogens with one attached hydrogen (secondary N) is 1. The van der Waals surface area contributed by atoms with Crippen molar-refractivity contribution in [3.8, 4) is 0 Å². The molecule has 1 unspecified atom stereocenters. The maximum Gasteiger partial charge on any atom is 0.143 e. The summed E-state index contributed by atoms with van der Waals surface area (Å²) in [6, 6.07) is 2.57. The first-order valence-corrected chi connectivity index (χ1v) is 5.08. The Morgan fingerprint density at radius 3 is 2.87 bits per heavy atom. The largest absolute Gasteiger partial charge is 0.397 e. The molecule has 0 bridgehead atoms. The first-order chi connectivity index (χ1) is 7.04. The van der Waals surface area contributed by atoms with Crippen molar-refractivity contribution >= 4 is 23.0 Å². The van der Waals surface area contributed by atoms with Crippen LogP contribution in [0.25, 0.3) is 0 Å². The highest BCUT2D eigenvalue weighted by Crippen LogP contribution is 2.26. The Balaban J connectivity index is 2.73. The Bertz CT molecular complexity index is 346. The Morgan fingerprint density at radius 1 is 1.60 bits per heavy atom. The summed E-state index contributed by atoms with van der Waals surface area (Å²) in [7, 11) is 0. The second kappa shape index (κ2) is 5.19. The van der Waals surface area contributed by atoms with E-state index in [9.17, 15) is 9.50 Å². The molecule has 3 nitrogen and oxygen atoms in total. The Kier molecular flexibility index (Phi) is 4.17. The number of aliphatic hydroxyl groups is 1. The zero-order valence-corrected chi connectivity index (χ0v) is 9.18. The number of halogens is 2. The molecule has 0 amide bonds. The molecule has 1 rings (SSSR count). The third-order valence-corrected chi connectivity index (χ3v) is 2.38. The topological polar surface area (TPSA) is 58.3 Å². The molecule has 1 aromatic carbocycles. The fourth-order valence-corrected chi connectivity index (χ4v) is 1.25. The summed E-state index contributed by atoms with van der Waals surface area (Å²) in [5.74, 6) is -0.546. The molecule has 0 aliphatic rings. The van der Waals surface area contributed by atoms with E-state index >= 15 is 0 Å². The smallest absolute Gasteiger partial charge is 0.143 e. The van der Waals surface area contributed by atoms with Gasteiger partial charge in [0.25, 0.3) is 0 Å². The maximum atomic E-state index is 12.9. The van der Waals surface area contributed by atoms with E-state index in [0.717, 1.165) is 6.07 Å². The molecule has 15 heavy (non-hydrogen) atoms. The van der Waals surface area contributed by atoms with Crippen molar-refractivity contribution in [1.82, 2.24) is 0 Å². The van der Waals surface area contributed by atoms with Crippen molar-refractivity contribution in [1.29, 1.82) is 0 Å². The minimum absolute atomic E-state index is 0.0117. The molecular weight excluding hydrogens is 219 g/mol. The van der Waals surface area contributed by atoms with Crippen LogP contribution in [0.15, 0.2) is 12.1 Å². The predicted octanol–water partition coefficient (Wildman–Crippen LogP) is 2.24. The Morgan fingerprint density at radius 2 is 2.27 bits per heavy atom. The molecular formula is C10H14ClFN2O. The second-order valence-corrected chi connectivity index (χ2v) is 3.70. The van der Waals surface area contributed by atoms with Crippen LogP contribution in [0.5, 0.6) is 0 Å². The summed E-state index contributed by atoms with van der Waals surface area (Å²) in [5.41, 5.74) is 6.39. The van der Waals surface area contributed by atoms with Crippen LogP contribution in [0.4, 0.5) is 15.8 Å². The quantitative estimate of drug-likeness (QED) is 0.698. The lowest BCUT2D eigenvalue weighted by atomic mass is 10.2. The number of benzene rings is 1. The number of nitrogens with two attached hydrogens (primary N) is 1. The minimum atomic E-state index is -0.546. The standard InChI is InChI=1S/C10H14ClFN2O/c1-2-6(15)5-14-10-3-7(11)8(12)4-9(10)13/h3-4,6,14-15H,2,5,13H2,1H3. The molecule has 1 aromatic rings. The fourth-order valence-electron chi connectivity index (χ4n) is 1.09. The van der Waals surface area contributed by atoms with Gasteiger partial charge in [-0.1, -0.05) is 18.5 Å². The van der Waals surface area contributed by atoms with Gasteiger partial charge in [-0.15, -0.1) is 0 Å². The molecule has 0 aliphatic carbocycles. The first-order valence-electron chi connectivity index (χ1n) is 4.71. The van der Waals surface area contributed by atoms with Crippen molar-refractivity contribution in [3.05, 3.63) is 23.0 Å². The summed E-state index contributed by atoms with van der Waals surface area (Å²) >= 11 is 5.60. The van der Waals surface area contributed by atoms with Gasteiger partial charge in [0.2, 0.25) is 0 Å². The predicted molar refractivity (Wildman–Crippen MR) is 60.6 cm³/mol. The van der Waals surface area contributed by atoms with Crippen LogP contribution in [0, 0.1) is 5.82 Å². The Labute approximate surface area is 93.0 Å². The van der Waals surface area contributed by atoms with Crippen molar-refractivity contribution in [2.24, 2.45) is 0 Å². The van der Waals surface area contributed by atoms with E-state index in [0.29, 0.717) is 18.7 Å². The molecule has 84 valence electrons. The molecule has 4 N–H and O–H groups in total. The molecule has 0 aliphatic heterocycles. The summed E-state index contributed by atoms with van der Waals surface area (Å²) < 4.78 is 12.9. The van der Waals surface area contributed by atoms with E-state index in [4.69, 9.17) is 17.3 Å². The number of hydrogen-bond acceptors (Lipinski definition) is 3. The van der Waals surface area contributed by atoms with Gasteiger partial charge in [-0.3, -0.25) is 0 Å². The van der Waals surface area contributed by atoms with Crippen molar-refractivity contribution < 1.29 is 9.50 Å². The lowest BCUT2D eigenvalue weighted by molar-refractivity contribution is 0.183. The number of rotatable bonds is 4. The van der Waals surface area contributed by atoms with Gasteiger partial charge in [0.1, 0.15) is 5.82 Å². The first kappa shape index (κ1) is 12.1. The lowest BCUT2D eigenvalue weighted by Crippen LogP contribution is -2.18. The molecule has 0 saturated heterocycles. The van der Waals surface area contributed by atoms with Crippen LogP contribution in [0.3, 0.4) is 0 Å². The monoisotopic (exact) mass is 232 g/mol. The molecule has 0 spiro atoms. The van der Waals surface area contributed by atoms with Gasteiger partial charge in [0, 0.05) is 12.6 Å². The van der Waals surface area contributed by atoms with Crippen LogP contribution in [0.2, 0.25) is 5.02 Å². The number of hydrogen-bond donors (Lipinski definition) is 3. The van der Waals surface area contributed by atoms with Crippen LogP contribution >= 0.6 is 11.6 Å². The van der Waals surface area contributed by atoms with Crippen LogP contribution < -0.4 is 11.1 Å². The molecule has 0 aromatic heterocycles. The summed E-state index contributed by atoms with van der Waals surface area (Å²) in [4.78, 5) is 0. The van der Waals surface area contributed by atoms with Gasteiger partial charge in [-0.05, 0) is 12.5 Å². The van der Waals surface area contributed by atoms with Crippen molar-refractivity contribution in [2.45, 2.75) is 19.4 Å². The van der Waals surface area contributed by atoms with Gasteiger partial charge < -0.3 is 16.2 Å². The highest BCUT2D eigenvalue weighted by Gasteiger charge is 2.07. The van der Waals surface area contributed by atoms with Crippen LogP contribution in [0.1, 0.15) is 13.3 Å². The van der Waals surface area contributed by atoms with Crippen LogP contribution in [-0.2, 0) is 0 Å². The highest BCUT2D eigenvalue weighted by atomic mass is 35.5. The average Bonchev–Trinajstić information content (AvgIpc) is 2.21. The molecule has 0 saturated carbocycles. The molecule has 0 heterocycles. The second-order valence-electron chi connectivity index (χ2n) is 3.30. The SMILES string of the molecule is CCC(O)CNc1cc(Cl)c(F)cc1N. The normalized spacial score (nSPS) is 12.5. The summed E-state index contributed by atoms with van der Waals surface area (Å²) in [6.45, 7) is 2.23. The highest BCUT2D eigenvalue weighted by molar-refractivity contribution is 6.31. The van der Waals surface area contributed by atoms with Gasteiger partial charge in [0.15, 0.2) is 0 Å². The van der Waals surface area contributed by atoms with Gasteiger partial charge in [-0.25, -0.2) is 4.39 Å². The Hall–Kier alpha value is -1.00. The lowest BCUT2D eigenvalue weighted by Gasteiger charge is -2.13. The summed E-state index contributed by atoms with van der Waals surface area (Å²) in [5, 5.41) is 12.2. The number of nitrogen functional groups attached to an aromatic ring is 1. The molecule has 0 fully saturated rings. The van der Waals surface area contributed by atoms with E-state index in [1.165, 1.54) is 6.07 Å². The molecule has 5 heteroatoms. The third-order valence-electron chi connectivity index (χ3n) is 2.09. The maximum absolute atomic E-state index is 12.9. The fraction of sp³-hybridized carbons (Fsp3) is 0.400. The number of anilines is 2. The molecule has 0 radical (unpaired) electrons. The van der Waals surface area contributed by atoms with E-state index < -0.39 is 11.9 Å². The van der Waals surface area contributed by atoms with Gasteiger partial charge in [-0.2, -0.15) is 0 Å². The van der Waals surface area contributed by atoms with Crippen molar-refractivity contribution in [3.63, 3.8) is 0 Å². The minimum Gasteiger partial charge on any atom is -0.397 e. The van der Waals surface area contributed by atoms with E-state index in [1.807, 2.05) is 6.92 Å². The van der Waals surface area contributed by atoms with Gasteiger partial charge in [0.05, 0.1) is 22.5 Å². The van der Waals surface area contributed by atoms with Crippen molar-refractivity contribution in [2.75, 3.05) is 17.6 Å². The zero-order valence-electron chi connectivity index (χ0n) is 8.43. The van der Waals surface area contributed by atoms with Crippen LogP contribution in [-0.4, -0.2) is 17.8 Å². The molecule has 1 atom stereocenters. The van der Waals surface area contributed by atoms with E-state index in [1.54, 1.807) is 0 Å². The zero-order chi connectivity index (χ0) is 11.4. The average molecular weight is 233 g/mol. The van der Waals surface area contributed by atoms with E-state index in [-0.39, 0.29) is 10.7 Å².